The number of carbonyl (C=O) groups excluding carboxylic acids is 3. The second-order valence-corrected chi connectivity index (χ2v) is 7.98. The summed E-state index contributed by atoms with van der Waals surface area (Å²) in [7, 11) is 0. The summed E-state index contributed by atoms with van der Waals surface area (Å²) in [5, 5.41) is 7.10. The Balaban J connectivity index is 1.14. The molecule has 0 fully saturated rings. The molecular weight excluding hydrogens is 434 g/mol. The van der Waals surface area contributed by atoms with Crippen LogP contribution in [0.3, 0.4) is 0 Å². The average molecular weight is 455 g/mol. The number of amides is 3. The molecule has 0 unspecified atom stereocenters. The van der Waals surface area contributed by atoms with Crippen LogP contribution in [0.15, 0.2) is 77.7 Å². The van der Waals surface area contributed by atoms with Gasteiger partial charge in [0, 0.05) is 24.8 Å². The van der Waals surface area contributed by atoms with Gasteiger partial charge in [-0.25, -0.2) is 9.48 Å². The lowest BCUT2D eigenvalue weighted by Gasteiger charge is -2.14. The fraction of sp³-hybridized carbons (Fsp3) is 0.160. The highest BCUT2D eigenvalue weighted by Crippen LogP contribution is 2.24. The van der Waals surface area contributed by atoms with Gasteiger partial charge in [0.25, 0.3) is 17.7 Å². The van der Waals surface area contributed by atoms with Crippen molar-refractivity contribution in [1.29, 1.82) is 0 Å². The van der Waals surface area contributed by atoms with Gasteiger partial charge in [0.15, 0.2) is 5.65 Å². The Kier molecular flexibility index (Phi) is 5.51. The number of pyridine rings is 1. The molecule has 9 heteroatoms. The lowest BCUT2D eigenvalue weighted by atomic mass is 10.1. The maximum atomic E-state index is 12.5. The largest absolute Gasteiger partial charge is 0.352 e. The second kappa shape index (κ2) is 8.78. The van der Waals surface area contributed by atoms with E-state index in [-0.39, 0.29) is 30.0 Å². The molecule has 34 heavy (non-hydrogen) atoms. The number of nitrogens with zero attached hydrogens (tertiary/aromatic N) is 4. The summed E-state index contributed by atoms with van der Waals surface area (Å²) < 4.78 is 2.86. The van der Waals surface area contributed by atoms with Crippen LogP contribution in [-0.4, -0.2) is 43.3 Å². The van der Waals surface area contributed by atoms with Crippen LogP contribution in [0.4, 0.5) is 0 Å². The maximum Gasteiger partial charge on any atom is 0.350 e. The van der Waals surface area contributed by atoms with E-state index in [1.165, 1.54) is 14.0 Å². The van der Waals surface area contributed by atoms with Crippen molar-refractivity contribution in [2.24, 2.45) is 0 Å². The predicted molar refractivity (Wildman–Crippen MR) is 123 cm³/mol. The minimum Gasteiger partial charge on any atom is -0.352 e. The van der Waals surface area contributed by atoms with Gasteiger partial charge in [0.2, 0.25) is 0 Å². The second-order valence-electron chi connectivity index (χ2n) is 7.98. The zero-order valence-electron chi connectivity index (χ0n) is 18.2. The molecule has 0 spiro atoms. The summed E-state index contributed by atoms with van der Waals surface area (Å²) in [6.45, 7) is 0.915. The summed E-state index contributed by atoms with van der Waals surface area (Å²) in [6, 6.07) is 18.9. The fourth-order valence-corrected chi connectivity index (χ4v) is 3.97. The molecule has 0 saturated carbocycles. The molecule has 3 heterocycles. The quantitative estimate of drug-likeness (QED) is 0.339. The van der Waals surface area contributed by atoms with Crippen molar-refractivity contribution in [2.45, 2.75) is 19.5 Å². The van der Waals surface area contributed by atoms with Crippen molar-refractivity contribution in [3.05, 3.63) is 106 Å². The van der Waals surface area contributed by atoms with E-state index in [4.69, 9.17) is 0 Å². The first-order valence-electron chi connectivity index (χ1n) is 10.9. The van der Waals surface area contributed by atoms with Crippen LogP contribution in [0.1, 0.15) is 43.1 Å². The highest BCUT2D eigenvalue weighted by atomic mass is 16.2. The summed E-state index contributed by atoms with van der Waals surface area (Å²) >= 11 is 0. The molecule has 0 bridgehead atoms. The number of carbonyl (C=O) groups is 3. The lowest BCUT2D eigenvalue weighted by molar-refractivity contribution is 0.0641. The molecule has 1 aliphatic rings. The molecule has 2 aromatic heterocycles. The van der Waals surface area contributed by atoms with Gasteiger partial charge in [-0.3, -0.25) is 23.7 Å². The standard InChI is InChI=1S/C25H21N5O4/c31-22(26-13-5-15-30-25(34)28-14-4-3-8-21(28)27-30)18-11-9-17(10-12-18)16-29-23(32)19-6-1-2-7-20(19)24(29)33/h1-4,6-12,14H,5,13,15-16H2,(H,26,31). The molecule has 170 valence electrons. The van der Waals surface area contributed by atoms with Gasteiger partial charge >= 0.3 is 5.69 Å². The van der Waals surface area contributed by atoms with Gasteiger partial charge in [-0.15, -0.1) is 5.10 Å². The molecule has 4 aromatic rings. The van der Waals surface area contributed by atoms with Gasteiger partial charge in [-0.2, -0.15) is 0 Å². The molecule has 0 atom stereocenters. The van der Waals surface area contributed by atoms with Crippen LogP contribution in [0.5, 0.6) is 0 Å². The number of aryl methyl sites for hydroxylation is 1. The fourth-order valence-electron chi connectivity index (χ4n) is 3.97. The molecule has 1 N–H and O–H groups in total. The third-order valence-electron chi connectivity index (χ3n) is 5.76. The monoisotopic (exact) mass is 455 g/mol. The minimum absolute atomic E-state index is 0.141. The van der Waals surface area contributed by atoms with Crippen LogP contribution in [0.25, 0.3) is 5.65 Å². The third-order valence-corrected chi connectivity index (χ3v) is 5.76. The topological polar surface area (TPSA) is 106 Å². The van der Waals surface area contributed by atoms with Gasteiger partial charge in [0.05, 0.1) is 17.7 Å². The summed E-state index contributed by atoms with van der Waals surface area (Å²) in [6.07, 6.45) is 2.22. The average Bonchev–Trinajstić information content (AvgIpc) is 3.31. The first kappa shape index (κ1) is 21.3. The van der Waals surface area contributed by atoms with E-state index >= 15 is 0 Å². The Morgan fingerprint density at radius 1 is 0.853 bits per heavy atom. The van der Waals surface area contributed by atoms with Crippen molar-refractivity contribution in [3.8, 4) is 0 Å². The van der Waals surface area contributed by atoms with E-state index in [1.54, 1.807) is 66.9 Å². The van der Waals surface area contributed by atoms with E-state index in [9.17, 15) is 19.2 Å². The molecule has 9 nitrogen and oxygen atoms in total. The first-order chi connectivity index (χ1) is 16.5. The van der Waals surface area contributed by atoms with Crippen molar-refractivity contribution >= 4 is 23.4 Å². The van der Waals surface area contributed by atoms with Gasteiger partial charge in [-0.05, 0) is 48.4 Å². The number of rotatable bonds is 7. The molecule has 3 amide bonds. The van der Waals surface area contributed by atoms with Crippen LogP contribution >= 0.6 is 0 Å². The molecule has 1 aliphatic heterocycles. The van der Waals surface area contributed by atoms with Gasteiger partial charge in [-0.1, -0.05) is 30.3 Å². The number of aromatic nitrogens is 3. The van der Waals surface area contributed by atoms with E-state index in [2.05, 4.69) is 10.4 Å². The van der Waals surface area contributed by atoms with E-state index in [0.717, 1.165) is 5.56 Å². The van der Waals surface area contributed by atoms with Gasteiger partial charge < -0.3 is 5.32 Å². The molecule has 2 aromatic carbocycles. The van der Waals surface area contributed by atoms with E-state index in [1.807, 2.05) is 6.07 Å². The number of hydrogen-bond acceptors (Lipinski definition) is 5. The third kappa shape index (κ3) is 3.88. The molecular formula is C25H21N5O4. The number of hydrogen-bond donors (Lipinski definition) is 1. The minimum atomic E-state index is -0.313. The Morgan fingerprint density at radius 2 is 1.53 bits per heavy atom. The lowest BCUT2D eigenvalue weighted by Crippen LogP contribution is -2.29. The molecule has 0 saturated heterocycles. The Morgan fingerprint density at radius 3 is 2.21 bits per heavy atom. The van der Waals surface area contributed by atoms with Crippen molar-refractivity contribution in [3.63, 3.8) is 0 Å². The Bertz CT molecular complexity index is 1430. The number of imide groups is 1. The maximum absolute atomic E-state index is 12.5. The normalized spacial score (nSPS) is 12.9. The zero-order valence-corrected chi connectivity index (χ0v) is 18.2. The molecule has 5 rings (SSSR count). The molecule has 0 radical (unpaired) electrons. The van der Waals surface area contributed by atoms with Crippen molar-refractivity contribution < 1.29 is 14.4 Å². The number of nitrogens with one attached hydrogen (secondary N) is 1. The first-order valence-corrected chi connectivity index (χ1v) is 10.9. The summed E-state index contributed by atoms with van der Waals surface area (Å²) in [4.78, 5) is 51.0. The van der Waals surface area contributed by atoms with Crippen LogP contribution < -0.4 is 11.0 Å². The number of benzene rings is 2. The zero-order chi connectivity index (χ0) is 23.7. The SMILES string of the molecule is O=C(NCCCn1nc2ccccn2c1=O)c1ccc(CN2C(=O)c3ccccc3C2=O)cc1. The van der Waals surface area contributed by atoms with Crippen LogP contribution in [0, 0.1) is 0 Å². The van der Waals surface area contributed by atoms with Crippen LogP contribution in [0.2, 0.25) is 0 Å². The highest BCUT2D eigenvalue weighted by Gasteiger charge is 2.34. The van der Waals surface area contributed by atoms with E-state index < -0.39 is 0 Å². The highest BCUT2D eigenvalue weighted by molar-refractivity contribution is 6.21. The summed E-state index contributed by atoms with van der Waals surface area (Å²) in [5.41, 5.74) is 2.41. The summed E-state index contributed by atoms with van der Waals surface area (Å²) in [5.74, 6) is -0.867. The van der Waals surface area contributed by atoms with Crippen molar-refractivity contribution in [1.82, 2.24) is 24.4 Å². The molecule has 0 aliphatic carbocycles. The smallest absolute Gasteiger partial charge is 0.350 e. The van der Waals surface area contributed by atoms with E-state index in [0.29, 0.717) is 41.8 Å². The predicted octanol–water partition coefficient (Wildman–Crippen LogP) is 2.11. The Labute approximate surface area is 194 Å². The van der Waals surface area contributed by atoms with Crippen molar-refractivity contribution in [2.75, 3.05) is 6.54 Å². The Hall–Kier alpha value is -4.53. The number of fused-ring (bicyclic) bond motifs is 2. The van der Waals surface area contributed by atoms with Crippen LogP contribution in [-0.2, 0) is 13.1 Å². The van der Waals surface area contributed by atoms with Gasteiger partial charge in [0.1, 0.15) is 0 Å².